The molecule has 0 aliphatic carbocycles. The molecule has 1 amide bonds. The fourth-order valence-electron chi connectivity index (χ4n) is 2.66. The molecule has 1 aliphatic heterocycles. The van der Waals surface area contributed by atoms with Crippen molar-refractivity contribution in [3.05, 3.63) is 0 Å². The molecule has 0 saturated carbocycles. The van der Waals surface area contributed by atoms with Gasteiger partial charge in [0.2, 0.25) is 5.91 Å². The molecule has 1 heterocycles. The van der Waals surface area contributed by atoms with Gasteiger partial charge < -0.3 is 15.7 Å². The molecule has 0 aromatic carbocycles. The quantitative estimate of drug-likeness (QED) is 0.762. The minimum absolute atomic E-state index is 0.0874. The minimum Gasteiger partial charge on any atom is -0.481 e. The van der Waals surface area contributed by atoms with E-state index in [4.69, 9.17) is 10.8 Å². The normalized spacial score (nSPS) is 18.6. The summed E-state index contributed by atoms with van der Waals surface area (Å²) in [6, 6.07) is 0. The number of aliphatic carboxylic acids is 1. The molecule has 1 atom stereocenters. The minimum atomic E-state index is -0.735. The highest BCUT2D eigenvalue weighted by molar-refractivity contribution is 5.79. The molecular weight excluding hydrogens is 244 g/mol. The maximum Gasteiger partial charge on any atom is 0.303 e. The van der Waals surface area contributed by atoms with Gasteiger partial charge in [0.15, 0.2) is 0 Å². The van der Waals surface area contributed by atoms with E-state index >= 15 is 0 Å². The summed E-state index contributed by atoms with van der Waals surface area (Å²) in [6.07, 6.45) is 2.78. The molecule has 5 nitrogen and oxygen atoms in total. The zero-order valence-electron chi connectivity index (χ0n) is 12.0. The van der Waals surface area contributed by atoms with Crippen LogP contribution in [0, 0.1) is 17.8 Å². The van der Waals surface area contributed by atoms with Gasteiger partial charge in [-0.05, 0) is 31.1 Å². The molecule has 0 aromatic rings. The summed E-state index contributed by atoms with van der Waals surface area (Å²) in [7, 11) is 0. The van der Waals surface area contributed by atoms with E-state index in [-0.39, 0.29) is 24.2 Å². The lowest BCUT2D eigenvalue weighted by atomic mass is 9.89. The van der Waals surface area contributed by atoms with E-state index in [1.807, 2.05) is 18.7 Å². The van der Waals surface area contributed by atoms with Gasteiger partial charge >= 0.3 is 5.97 Å². The number of hydrogen-bond donors (Lipinski definition) is 2. The van der Waals surface area contributed by atoms with E-state index < -0.39 is 5.97 Å². The number of amides is 1. The monoisotopic (exact) mass is 270 g/mol. The molecule has 1 saturated heterocycles. The van der Waals surface area contributed by atoms with E-state index in [0.717, 1.165) is 32.4 Å². The van der Waals surface area contributed by atoms with Gasteiger partial charge in [0, 0.05) is 26.1 Å². The zero-order valence-corrected chi connectivity index (χ0v) is 12.0. The highest BCUT2D eigenvalue weighted by Gasteiger charge is 2.29. The summed E-state index contributed by atoms with van der Waals surface area (Å²) in [5.41, 5.74) is 5.68. The van der Waals surface area contributed by atoms with Gasteiger partial charge in [-0.2, -0.15) is 0 Å². The first-order chi connectivity index (χ1) is 8.95. The third-order valence-corrected chi connectivity index (χ3v) is 4.07. The Balaban J connectivity index is 2.40. The first-order valence-electron chi connectivity index (χ1n) is 7.16. The number of hydrogen-bond acceptors (Lipinski definition) is 3. The summed E-state index contributed by atoms with van der Waals surface area (Å²) >= 11 is 0. The third-order valence-electron chi connectivity index (χ3n) is 4.07. The lowest BCUT2D eigenvalue weighted by Crippen LogP contribution is -2.45. The zero-order chi connectivity index (χ0) is 14.4. The highest BCUT2D eigenvalue weighted by atomic mass is 16.4. The van der Waals surface area contributed by atoms with Crippen molar-refractivity contribution in [3.8, 4) is 0 Å². The van der Waals surface area contributed by atoms with Crippen molar-refractivity contribution in [3.63, 3.8) is 0 Å². The van der Waals surface area contributed by atoms with Crippen LogP contribution in [-0.4, -0.2) is 41.5 Å². The number of nitrogens with zero attached hydrogens (tertiary/aromatic N) is 1. The Kier molecular flexibility index (Phi) is 6.28. The van der Waals surface area contributed by atoms with Crippen LogP contribution in [0.25, 0.3) is 0 Å². The number of piperidine rings is 1. The maximum absolute atomic E-state index is 12.3. The van der Waals surface area contributed by atoms with E-state index in [9.17, 15) is 9.59 Å². The summed E-state index contributed by atoms with van der Waals surface area (Å²) in [6.45, 7) is 5.93. The Bertz CT molecular complexity index is 310. The van der Waals surface area contributed by atoms with Crippen LogP contribution in [0.4, 0.5) is 0 Å². The van der Waals surface area contributed by atoms with Gasteiger partial charge in [-0.15, -0.1) is 0 Å². The molecule has 3 N–H and O–H groups in total. The molecule has 5 heteroatoms. The average Bonchev–Trinajstić information content (AvgIpc) is 2.37. The van der Waals surface area contributed by atoms with Crippen molar-refractivity contribution >= 4 is 11.9 Å². The van der Waals surface area contributed by atoms with E-state index in [0.29, 0.717) is 12.5 Å². The predicted octanol–water partition coefficient (Wildman–Crippen LogP) is 1.32. The molecule has 19 heavy (non-hydrogen) atoms. The highest BCUT2D eigenvalue weighted by Crippen LogP contribution is 2.24. The molecule has 0 radical (unpaired) electrons. The molecule has 0 spiro atoms. The van der Waals surface area contributed by atoms with Crippen molar-refractivity contribution in [2.45, 2.75) is 39.5 Å². The lowest BCUT2D eigenvalue weighted by molar-refractivity contribution is -0.139. The topological polar surface area (TPSA) is 83.6 Å². The van der Waals surface area contributed by atoms with Crippen LogP contribution in [0.1, 0.15) is 39.5 Å². The summed E-state index contributed by atoms with van der Waals surface area (Å²) in [5.74, 6) is 0.0454. The van der Waals surface area contributed by atoms with Crippen molar-refractivity contribution in [1.82, 2.24) is 4.90 Å². The van der Waals surface area contributed by atoms with Gasteiger partial charge in [0.1, 0.15) is 0 Å². The standard InChI is InChI=1S/C14H26N2O3/c1-10(2)12(9-15)14(19)16-7-5-11(6-8-16)3-4-13(17)18/h10-12H,3-9,15H2,1-2H3,(H,17,18). The van der Waals surface area contributed by atoms with Crippen LogP contribution in [0.2, 0.25) is 0 Å². The molecule has 1 fully saturated rings. The number of carbonyl (C=O) groups excluding carboxylic acids is 1. The number of carbonyl (C=O) groups is 2. The van der Waals surface area contributed by atoms with Crippen LogP contribution in [0.15, 0.2) is 0 Å². The van der Waals surface area contributed by atoms with Crippen molar-refractivity contribution in [1.29, 1.82) is 0 Å². The fourth-order valence-corrected chi connectivity index (χ4v) is 2.66. The molecule has 110 valence electrons. The third kappa shape index (κ3) is 4.82. The van der Waals surface area contributed by atoms with Crippen molar-refractivity contribution in [2.75, 3.05) is 19.6 Å². The van der Waals surface area contributed by atoms with Gasteiger partial charge in [0.05, 0.1) is 5.92 Å². The Morgan fingerprint density at radius 3 is 2.32 bits per heavy atom. The molecule has 0 aromatic heterocycles. The first-order valence-corrected chi connectivity index (χ1v) is 7.16. The number of carboxylic acid groups (broad SMARTS) is 1. The van der Waals surface area contributed by atoms with Crippen LogP contribution in [-0.2, 0) is 9.59 Å². The Labute approximate surface area is 115 Å². The molecule has 1 aliphatic rings. The SMILES string of the molecule is CC(C)C(CN)C(=O)N1CCC(CCC(=O)O)CC1. The molecule has 1 unspecified atom stereocenters. The number of rotatable bonds is 6. The average molecular weight is 270 g/mol. The Morgan fingerprint density at radius 1 is 1.32 bits per heavy atom. The number of nitrogens with two attached hydrogens (primary N) is 1. The van der Waals surface area contributed by atoms with Crippen molar-refractivity contribution < 1.29 is 14.7 Å². The second-order valence-corrected chi connectivity index (χ2v) is 5.79. The molecule has 1 rings (SSSR count). The smallest absolute Gasteiger partial charge is 0.303 e. The van der Waals surface area contributed by atoms with E-state index in [1.165, 1.54) is 0 Å². The van der Waals surface area contributed by atoms with Crippen LogP contribution < -0.4 is 5.73 Å². The van der Waals surface area contributed by atoms with Crippen LogP contribution in [0.3, 0.4) is 0 Å². The number of likely N-dealkylation sites (tertiary alicyclic amines) is 1. The van der Waals surface area contributed by atoms with E-state index in [2.05, 4.69) is 0 Å². The maximum atomic E-state index is 12.3. The van der Waals surface area contributed by atoms with Crippen LogP contribution in [0.5, 0.6) is 0 Å². The molecular formula is C14H26N2O3. The summed E-state index contributed by atoms with van der Waals surface area (Å²) < 4.78 is 0. The Morgan fingerprint density at radius 2 is 1.89 bits per heavy atom. The lowest BCUT2D eigenvalue weighted by Gasteiger charge is -2.34. The Hall–Kier alpha value is -1.10. The first kappa shape index (κ1) is 16.0. The predicted molar refractivity (Wildman–Crippen MR) is 73.6 cm³/mol. The van der Waals surface area contributed by atoms with Gasteiger partial charge in [-0.25, -0.2) is 0 Å². The number of carboxylic acids is 1. The van der Waals surface area contributed by atoms with Crippen molar-refractivity contribution in [2.24, 2.45) is 23.5 Å². The van der Waals surface area contributed by atoms with Gasteiger partial charge in [0.25, 0.3) is 0 Å². The van der Waals surface area contributed by atoms with Gasteiger partial charge in [-0.3, -0.25) is 9.59 Å². The summed E-state index contributed by atoms with van der Waals surface area (Å²) in [5, 5.41) is 8.67. The fraction of sp³-hybridized carbons (Fsp3) is 0.857. The van der Waals surface area contributed by atoms with E-state index in [1.54, 1.807) is 0 Å². The van der Waals surface area contributed by atoms with Crippen LogP contribution >= 0.6 is 0 Å². The second kappa shape index (κ2) is 7.48. The second-order valence-electron chi connectivity index (χ2n) is 5.79. The molecule has 0 bridgehead atoms. The largest absolute Gasteiger partial charge is 0.481 e. The van der Waals surface area contributed by atoms with Gasteiger partial charge in [-0.1, -0.05) is 13.8 Å². The summed E-state index contributed by atoms with van der Waals surface area (Å²) in [4.78, 5) is 24.7.